The molecule has 42 heavy (non-hydrogen) atoms. The molecule has 3 aliphatic rings. The number of esters is 2. The molecule has 4 aromatic rings. The van der Waals surface area contributed by atoms with Gasteiger partial charge in [-0.1, -0.05) is 99.5 Å². The second kappa shape index (κ2) is 12.4. The van der Waals surface area contributed by atoms with Gasteiger partial charge in [0, 0.05) is 0 Å². The highest BCUT2D eigenvalue weighted by Gasteiger charge is 2.53. The first-order chi connectivity index (χ1) is 20.6. The zero-order chi connectivity index (χ0) is 29.1. The Bertz CT molecular complexity index is 1420. The molecule has 2 unspecified atom stereocenters. The van der Waals surface area contributed by atoms with Crippen LogP contribution in [0.3, 0.4) is 0 Å². The summed E-state index contributed by atoms with van der Waals surface area (Å²) >= 11 is 0. The summed E-state index contributed by atoms with van der Waals surface area (Å²) in [7, 11) is 0. The lowest BCUT2D eigenvalue weighted by Crippen LogP contribution is -2.51. The number of carbonyl (C=O) groups excluding carboxylic acids is 2. The molecule has 0 amide bonds. The van der Waals surface area contributed by atoms with Crippen LogP contribution in [0.25, 0.3) is 0 Å². The molecule has 0 saturated carbocycles. The van der Waals surface area contributed by atoms with Gasteiger partial charge in [-0.3, -0.25) is 0 Å². The van der Waals surface area contributed by atoms with Crippen LogP contribution in [-0.4, -0.2) is 24.1 Å². The molecule has 214 valence electrons. The minimum atomic E-state index is -0.654. The Hall–Kier alpha value is -4.18. The van der Waals surface area contributed by atoms with Crippen molar-refractivity contribution in [1.29, 1.82) is 0 Å². The number of benzene rings is 4. The van der Waals surface area contributed by atoms with Gasteiger partial charge in [0.15, 0.2) is 12.2 Å². The van der Waals surface area contributed by atoms with Crippen LogP contribution in [0, 0.1) is 0 Å². The average molecular weight is 559 g/mol. The third kappa shape index (κ3) is 5.38. The Morgan fingerprint density at radius 1 is 0.548 bits per heavy atom. The Labute approximate surface area is 248 Å². The van der Waals surface area contributed by atoms with E-state index in [-0.39, 0.29) is 23.8 Å². The van der Waals surface area contributed by atoms with Gasteiger partial charge >= 0.3 is 11.9 Å². The average Bonchev–Trinajstić information content (AvgIpc) is 3.03. The maximum Gasteiger partial charge on any atom is 0.338 e. The van der Waals surface area contributed by atoms with Crippen molar-refractivity contribution < 1.29 is 19.1 Å². The normalized spacial score (nSPS) is 20.0. The molecule has 0 N–H and O–H groups in total. The third-order valence-corrected chi connectivity index (χ3v) is 8.76. The van der Waals surface area contributed by atoms with Crippen LogP contribution < -0.4 is 0 Å². The summed E-state index contributed by atoms with van der Waals surface area (Å²) in [5, 5.41) is 0. The van der Waals surface area contributed by atoms with Crippen molar-refractivity contribution in [3.8, 4) is 0 Å². The maximum atomic E-state index is 13.7. The Morgan fingerprint density at radius 2 is 0.929 bits per heavy atom. The van der Waals surface area contributed by atoms with Crippen molar-refractivity contribution >= 4 is 11.9 Å². The predicted octanol–water partition coefficient (Wildman–Crippen LogP) is 8.41. The number of carbonyl (C=O) groups is 2. The van der Waals surface area contributed by atoms with Crippen LogP contribution in [0.4, 0.5) is 0 Å². The van der Waals surface area contributed by atoms with E-state index in [4.69, 9.17) is 9.47 Å². The lowest BCUT2D eigenvalue weighted by Gasteiger charge is -2.49. The van der Waals surface area contributed by atoms with Gasteiger partial charge in [-0.2, -0.15) is 0 Å². The lowest BCUT2D eigenvalue weighted by atomic mass is 9.61. The second-order valence-electron chi connectivity index (χ2n) is 11.6. The Morgan fingerprint density at radius 3 is 1.29 bits per heavy atom. The number of ether oxygens (including phenoxy) is 2. The van der Waals surface area contributed by atoms with E-state index < -0.39 is 12.2 Å². The molecule has 4 heteroatoms. The third-order valence-electron chi connectivity index (χ3n) is 8.76. The fourth-order valence-corrected chi connectivity index (χ4v) is 6.70. The summed E-state index contributed by atoms with van der Waals surface area (Å²) in [6.45, 7) is 4.32. The number of aryl methyl sites for hydroxylation is 2. The van der Waals surface area contributed by atoms with Crippen molar-refractivity contribution in [2.24, 2.45) is 0 Å². The minimum Gasteiger partial charge on any atom is -0.454 e. The smallest absolute Gasteiger partial charge is 0.338 e. The van der Waals surface area contributed by atoms with Gasteiger partial charge in [0.2, 0.25) is 0 Å². The van der Waals surface area contributed by atoms with Crippen molar-refractivity contribution in [3.63, 3.8) is 0 Å². The van der Waals surface area contributed by atoms with Crippen LogP contribution in [-0.2, 0) is 22.3 Å². The molecule has 0 aromatic heterocycles. The zero-order valence-electron chi connectivity index (χ0n) is 24.4. The van der Waals surface area contributed by atoms with Crippen LogP contribution >= 0.6 is 0 Å². The van der Waals surface area contributed by atoms with Gasteiger partial charge < -0.3 is 9.47 Å². The topological polar surface area (TPSA) is 52.6 Å². The molecular formula is C38H38O4. The Kier molecular flexibility index (Phi) is 8.23. The summed E-state index contributed by atoms with van der Waals surface area (Å²) < 4.78 is 12.8. The van der Waals surface area contributed by atoms with Crippen LogP contribution in [0.15, 0.2) is 97.1 Å². The largest absolute Gasteiger partial charge is 0.454 e. The number of rotatable bonds is 10. The summed E-state index contributed by atoms with van der Waals surface area (Å²) in [6.07, 6.45) is 4.85. The molecule has 0 saturated heterocycles. The molecule has 3 aliphatic carbocycles. The Balaban J connectivity index is 1.37. The molecule has 2 atom stereocenters. The number of unbranched alkanes of at least 4 members (excludes halogenated alkanes) is 2. The molecule has 4 nitrogen and oxygen atoms in total. The van der Waals surface area contributed by atoms with E-state index in [0.29, 0.717) is 11.1 Å². The lowest BCUT2D eigenvalue weighted by molar-refractivity contribution is -0.0557. The fraction of sp³-hybridized carbons (Fsp3) is 0.316. The quantitative estimate of drug-likeness (QED) is 0.183. The fourth-order valence-electron chi connectivity index (χ4n) is 6.70. The molecule has 2 bridgehead atoms. The van der Waals surface area contributed by atoms with Gasteiger partial charge in [-0.15, -0.1) is 0 Å². The standard InChI is InChI=1S/C38H38O4/c1-3-5-13-25-15-11-17-27(23-25)37(39)41-35-33-29-19-7-9-21-31(29)34(32-22-10-8-20-30(32)33)36(35)42-38(40)28-18-12-16-26(24-28)14-6-4-2/h7-12,15-24,33-36H,3-6,13-14H2,1-2H3/t33-,34-,35?,36?. The molecule has 0 radical (unpaired) electrons. The van der Waals surface area contributed by atoms with Crippen LogP contribution in [0.5, 0.6) is 0 Å². The highest BCUT2D eigenvalue weighted by atomic mass is 16.6. The van der Waals surface area contributed by atoms with E-state index in [1.807, 2.05) is 60.7 Å². The van der Waals surface area contributed by atoms with E-state index in [1.54, 1.807) is 0 Å². The first kappa shape index (κ1) is 28.0. The summed E-state index contributed by atoms with van der Waals surface area (Å²) in [4.78, 5) is 27.4. The van der Waals surface area contributed by atoms with Crippen molar-refractivity contribution in [2.75, 3.05) is 0 Å². The van der Waals surface area contributed by atoms with E-state index in [2.05, 4.69) is 50.2 Å². The SMILES string of the molecule is CCCCc1cccc(C(=O)OC2C(OC(=O)c3cccc(CCCC)c3)[C@H]3c4ccccc4[C@H]2c2ccccc23)c1. The molecular weight excluding hydrogens is 520 g/mol. The van der Waals surface area contributed by atoms with E-state index in [1.165, 1.54) is 0 Å². The van der Waals surface area contributed by atoms with Crippen molar-refractivity contribution in [3.05, 3.63) is 142 Å². The summed E-state index contributed by atoms with van der Waals surface area (Å²) in [5.41, 5.74) is 7.82. The number of hydrogen-bond donors (Lipinski definition) is 0. The summed E-state index contributed by atoms with van der Waals surface area (Å²) in [5.74, 6) is -1.24. The first-order valence-electron chi connectivity index (χ1n) is 15.4. The number of fused-ring (bicyclic) bond motifs is 1. The molecule has 0 spiro atoms. The van der Waals surface area contributed by atoms with Crippen LogP contribution in [0.1, 0.15) is 105 Å². The van der Waals surface area contributed by atoms with Crippen LogP contribution in [0.2, 0.25) is 0 Å². The molecule has 0 aliphatic heterocycles. The maximum absolute atomic E-state index is 13.7. The molecule has 7 rings (SSSR count). The number of hydrogen-bond acceptors (Lipinski definition) is 4. The van der Waals surface area contributed by atoms with Crippen molar-refractivity contribution in [2.45, 2.75) is 76.4 Å². The molecule has 4 aromatic carbocycles. The monoisotopic (exact) mass is 558 g/mol. The van der Waals surface area contributed by atoms with Gasteiger partial charge in [-0.25, -0.2) is 9.59 Å². The van der Waals surface area contributed by atoms with E-state index in [0.717, 1.165) is 71.9 Å². The van der Waals surface area contributed by atoms with Gasteiger partial charge in [0.05, 0.1) is 23.0 Å². The second-order valence-corrected chi connectivity index (χ2v) is 11.6. The molecule has 0 fully saturated rings. The minimum absolute atomic E-state index is 0.233. The van der Waals surface area contributed by atoms with Gasteiger partial charge in [0.25, 0.3) is 0 Å². The predicted molar refractivity (Wildman–Crippen MR) is 165 cm³/mol. The van der Waals surface area contributed by atoms with Gasteiger partial charge in [0.1, 0.15) is 0 Å². The zero-order valence-corrected chi connectivity index (χ0v) is 24.4. The van der Waals surface area contributed by atoms with E-state index in [9.17, 15) is 9.59 Å². The van der Waals surface area contributed by atoms with Crippen molar-refractivity contribution in [1.82, 2.24) is 0 Å². The first-order valence-corrected chi connectivity index (χ1v) is 15.4. The highest BCUT2D eigenvalue weighted by molar-refractivity contribution is 5.91. The molecule has 0 heterocycles. The highest BCUT2D eigenvalue weighted by Crippen LogP contribution is 2.54. The summed E-state index contributed by atoms with van der Waals surface area (Å²) in [6, 6.07) is 32.0. The van der Waals surface area contributed by atoms with E-state index >= 15 is 0 Å². The van der Waals surface area contributed by atoms with Gasteiger partial charge in [-0.05, 0) is 83.3 Å².